The molecule has 0 bridgehead atoms. The van der Waals surface area contributed by atoms with E-state index < -0.39 is 5.97 Å². The van der Waals surface area contributed by atoms with Crippen LogP contribution in [0.2, 0.25) is 5.02 Å². The van der Waals surface area contributed by atoms with Crippen molar-refractivity contribution < 1.29 is 9.90 Å². The van der Waals surface area contributed by atoms with Crippen LogP contribution in [0.15, 0.2) is 24.3 Å². The molecule has 0 fully saturated rings. The van der Waals surface area contributed by atoms with Gasteiger partial charge in [-0.15, -0.1) is 0 Å². The molecule has 16 heavy (non-hydrogen) atoms. The largest absolute Gasteiger partial charge is 0.481 e. The standard InChI is InChI=1S/C13H17ClO2/c1-13(2,3)10(8-12(15)16)9-6-4-5-7-11(9)14/h4-7,10H,8H2,1-3H3,(H,15,16). The third kappa shape index (κ3) is 3.24. The van der Waals surface area contributed by atoms with Gasteiger partial charge >= 0.3 is 5.97 Å². The van der Waals surface area contributed by atoms with Gasteiger partial charge in [-0.3, -0.25) is 4.79 Å². The maximum atomic E-state index is 10.9. The topological polar surface area (TPSA) is 37.3 Å². The molecule has 88 valence electrons. The summed E-state index contributed by atoms with van der Waals surface area (Å²) in [6.07, 6.45) is 0.104. The lowest BCUT2D eigenvalue weighted by molar-refractivity contribution is -0.138. The molecule has 0 aromatic heterocycles. The molecule has 0 aliphatic heterocycles. The van der Waals surface area contributed by atoms with Crippen molar-refractivity contribution in [3.63, 3.8) is 0 Å². The van der Waals surface area contributed by atoms with Crippen molar-refractivity contribution in [3.8, 4) is 0 Å². The third-order valence-electron chi connectivity index (χ3n) is 2.70. The second-order valence-electron chi connectivity index (χ2n) is 5.04. The van der Waals surface area contributed by atoms with E-state index in [4.69, 9.17) is 16.7 Å². The molecule has 1 aromatic carbocycles. The number of aliphatic carboxylic acids is 1. The molecular weight excluding hydrogens is 224 g/mol. The van der Waals surface area contributed by atoms with Gasteiger partial charge in [-0.2, -0.15) is 0 Å². The molecule has 2 nitrogen and oxygen atoms in total. The summed E-state index contributed by atoms with van der Waals surface area (Å²) in [7, 11) is 0. The Morgan fingerprint density at radius 2 is 1.94 bits per heavy atom. The number of rotatable bonds is 3. The average molecular weight is 241 g/mol. The van der Waals surface area contributed by atoms with Gasteiger partial charge in [0.15, 0.2) is 0 Å². The van der Waals surface area contributed by atoms with Gasteiger partial charge < -0.3 is 5.11 Å². The Hall–Kier alpha value is -1.02. The first kappa shape index (κ1) is 13.0. The van der Waals surface area contributed by atoms with E-state index in [1.807, 2.05) is 39.0 Å². The van der Waals surface area contributed by atoms with E-state index in [1.54, 1.807) is 6.07 Å². The molecular formula is C13H17ClO2. The highest BCUT2D eigenvalue weighted by Crippen LogP contribution is 2.40. The number of halogens is 1. The second-order valence-corrected chi connectivity index (χ2v) is 5.45. The molecule has 0 saturated heterocycles. The van der Waals surface area contributed by atoms with Crippen LogP contribution in [-0.4, -0.2) is 11.1 Å². The third-order valence-corrected chi connectivity index (χ3v) is 3.05. The normalized spacial score (nSPS) is 13.5. The number of carboxylic acids is 1. The zero-order valence-electron chi connectivity index (χ0n) is 9.83. The van der Waals surface area contributed by atoms with Gasteiger partial charge in [-0.25, -0.2) is 0 Å². The highest BCUT2D eigenvalue weighted by molar-refractivity contribution is 6.31. The van der Waals surface area contributed by atoms with Crippen molar-refractivity contribution >= 4 is 17.6 Å². The minimum absolute atomic E-state index is 0.0706. The molecule has 0 heterocycles. The molecule has 1 rings (SSSR count). The van der Waals surface area contributed by atoms with Gasteiger partial charge in [0.25, 0.3) is 0 Å². The van der Waals surface area contributed by atoms with Crippen LogP contribution in [-0.2, 0) is 4.79 Å². The van der Waals surface area contributed by atoms with E-state index in [0.717, 1.165) is 5.56 Å². The van der Waals surface area contributed by atoms with Gasteiger partial charge in [0.05, 0.1) is 6.42 Å². The van der Waals surface area contributed by atoms with Gasteiger partial charge in [0.1, 0.15) is 0 Å². The maximum Gasteiger partial charge on any atom is 0.303 e. The summed E-state index contributed by atoms with van der Waals surface area (Å²) in [5, 5.41) is 9.60. The van der Waals surface area contributed by atoms with Crippen LogP contribution in [0.25, 0.3) is 0 Å². The molecule has 0 spiro atoms. The predicted molar refractivity (Wildman–Crippen MR) is 65.9 cm³/mol. The lowest BCUT2D eigenvalue weighted by Crippen LogP contribution is -2.21. The molecule has 1 unspecified atom stereocenters. The summed E-state index contributed by atoms with van der Waals surface area (Å²) in [6.45, 7) is 6.10. The first-order chi connectivity index (χ1) is 7.32. The van der Waals surface area contributed by atoms with Crippen LogP contribution in [0.4, 0.5) is 0 Å². The van der Waals surface area contributed by atoms with Crippen molar-refractivity contribution in [1.82, 2.24) is 0 Å². The minimum Gasteiger partial charge on any atom is -0.481 e. The summed E-state index contributed by atoms with van der Waals surface area (Å²) in [5.41, 5.74) is 0.794. The fourth-order valence-corrected chi connectivity index (χ4v) is 2.08. The molecule has 0 amide bonds. The van der Waals surface area contributed by atoms with Crippen molar-refractivity contribution in [3.05, 3.63) is 34.9 Å². The Kier molecular flexibility index (Phi) is 3.98. The summed E-state index contributed by atoms with van der Waals surface area (Å²) in [6, 6.07) is 7.45. The second kappa shape index (κ2) is 4.88. The summed E-state index contributed by atoms with van der Waals surface area (Å²) in [5.74, 6) is -0.862. The Labute approximate surface area is 101 Å². The molecule has 3 heteroatoms. The summed E-state index contributed by atoms with van der Waals surface area (Å²) < 4.78 is 0. The minimum atomic E-state index is -0.792. The molecule has 0 aliphatic carbocycles. The Balaban J connectivity index is 3.12. The average Bonchev–Trinajstić information content (AvgIpc) is 2.13. The van der Waals surface area contributed by atoms with Crippen LogP contribution in [0.3, 0.4) is 0 Å². The number of benzene rings is 1. The Morgan fingerprint density at radius 1 is 1.38 bits per heavy atom. The predicted octanol–water partition coefficient (Wildman–Crippen LogP) is 3.94. The van der Waals surface area contributed by atoms with Gasteiger partial charge in [0, 0.05) is 10.9 Å². The van der Waals surface area contributed by atoms with Crippen molar-refractivity contribution in [2.75, 3.05) is 0 Å². The number of carboxylic acid groups (broad SMARTS) is 1. The van der Waals surface area contributed by atoms with Crippen LogP contribution in [0.5, 0.6) is 0 Å². The first-order valence-corrected chi connectivity index (χ1v) is 5.66. The van der Waals surface area contributed by atoms with Crippen molar-refractivity contribution in [1.29, 1.82) is 0 Å². The van der Waals surface area contributed by atoms with Gasteiger partial charge in [0.2, 0.25) is 0 Å². The van der Waals surface area contributed by atoms with Gasteiger partial charge in [-0.05, 0) is 17.0 Å². The van der Waals surface area contributed by atoms with Crippen molar-refractivity contribution in [2.24, 2.45) is 5.41 Å². The molecule has 1 aromatic rings. The van der Waals surface area contributed by atoms with Crippen molar-refractivity contribution in [2.45, 2.75) is 33.1 Å². The fourth-order valence-electron chi connectivity index (χ4n) is 1.81. The number of hydrogen-bond acceptors (Lipinski definition) is 1. The summed E-state index contributed by atoms with van der Waals surface area (Å²) >= 11 is 6.12. The highest BCUT2D eigenvalue weighted by Gasteiger charge is 2.29. The smallest absolute Gasteiger partial charge is 0.303 e. The Morgan fingerprint density at radius 3 is 2.38 bits per heavy atom. The van der Waals surface area contributed by atoms with E-state index >= 15 is 0 Å². The van der Waals surface area contributed by atoms with E-state index in [9.17, 15) is 4.79 Å². The maximum absolute atomic E-state index is 10.9. The Bertz CT molecular complexity index is 380. The van der Waals surface area contributed by atoms with Crippen LogP contribution < -0.4 is 0 Å². The van der Waals surface area contributed by atoms with Crippen LogP contribution in [0, 0.1) is 5.41 Å². The lowest BCUT2D eigenvalue weighted by Gasteiger charge is -2.30. The zero-order valence-corrected chi connectivity index (χ0v) is 10.6. The summed E-state index contributed by atoms with van der Waals surface area (Å²) in [4.78, 5) is 10.9. The SMILES string of the molecule is CC(C)(C)C(CC(=O)O)c1ccccc1Cl. The molecule has 1 atom stereocenters. The number of carbonyl (C=O) groups is 1. The fraction of sp³-hybridized carbons (Fsp3) is 0.462. The molecule has 1 N–H and O–H groups in total. The molecule has 0 saturated carbocycles. The lowest BCUT2D eigenvalue weighted by atomic mass is 9.74. The first-order valence-electron chi connectivity index (χ1n) is 5.28. The highest BCUT2D eigenvalue weighted by atomic mass is 35.5. The van der Waals surface area contributed by atoms with E-state index in [1.165, 1.54) is 0 Å². The molecule has 0 aliphatic rings. The van der Waals surface area contributed by atoms with E-state index in [2.05, 4.69) is 0 Å². The van der Waals surface area contributed by atoms with Crippen LogP contribution >= 0.6 is 11.6 Å². The van der Waals surface area contributed by atoms with Gasteiger partial charge in [-0.1, -0.05) is 50.6 Å². The van der Waals surface area contributed by atoms with E-state index in [0.29, 0.717) is 5.02 Å². The number of hydrogen-bond donors (Lipinski definition) is 1. The zero-order chi connectivity index (χ0) is 12.3. The monoisotopic (exact) mass is 240 g/mol. The molecule has 0 radical (unpaired) electrons. The quantitative estimate of drug-likeness (QED) is 0.869. The van der Waals surface area contributed by atoms with Crippen LogP contribution in [0.1, 0.15) is 38.7 Å². The van der Waals surface area contributed by atoms with E-state index in [-0.39, 0.29) is 17.8 Å².